The third-order valence-corrected chi connectivity index (χ3v) is 1.91. The third kappa shape index (κ3) is 3.77. The summed E-state index contributed by atoms with van der Waals surface area (Å²) in [6, 6.07) is 7.48. The van der Waals surface area contributed by atoms with E-state index < -0.39 is 0 Å². The molecule has 0 spiro atoms. The Morgan fingerprint density at radius 3 is 2.36 bits per heavy atom. The van der Waals surface area contributed by atoms with Gasteiger partial charge >= 0.3 is 0 Å². The highest BCUT2D eigenvalue weighted by atomic mass is 16.5. The highest BCUT2D eigenvalue weighted by molar-refractivity contribution is 5.26. The Hall–Kier alpha value is -1.06. The molecule has 0 radical (unpaired) electrons. The highest BCUT2D eigenvalue weighted by Gasteiger charge is 1.95. The van der Waals surface area contributed by atoms with Crippen LogP contribution in [0.5, 0.6) is 5.75 Å². The number of nitrogens with zero attached hydrogens (tertiary/aromatic N) is 1. The summed E-state index contributed by atoms with van der Waals surface area (Å²) in [5.74, 6) is 0.851. The molecule has 0 fully saturated rings. The molecule has 3 nitrogen and oxygen atoms in total. The first-order chi connectivity index (χ1) is 6.72. The highest BCUT2D eigenvalue weighted by Crippen LogP contribution is 2.11. The van der Waals surface area contributed by atoms with Crippen LogP contribution in [0, 0.1) is 0 Å². The summed E-state index contributed by atoms with van der Waals surface area (Å²) in [4.78, 5) is 2.07. The van der Waals surface area contributed by atoms with Gasteiger partial charge < -0.3 is 14.7 Å². The van der Waals surface area contributed by atoms with Gasteiger partial charge in [0.15, 0.2) is 0 Å². The maximum Gasteiger partial charge on any atom is 0.119 e. The molecule has 0 saturated heterocycles. The van der Waals surface area contributed by atoms with Gasteiger partial charge in [0.05, 0.1) is 6.61 Å². The van der Waals surface area contributed by atoms with E-state index in [1.807, 2.05) is 38.4 Å². The second kappa shape index (κ2) is 5.62. The van der Waals surface area contributed by atoms with Crippen LogP contribution in [0.25, 0.3) is 0 Å². The van der Waals surface area contributed by atoms with Crippen molar-refractivity contribution >= 4 is 0 Å². The van der Waals surface area contributed by atoms with E-state index >= 15 is 0 Å². The van der Waals surface area contributed by atoms with Crippen molar-refractivity contribution in [2.24, 2.45) is 0 Å². The molecule has 0 amide bonds. The molecule has 0 bridgehead atoms. The van der Waals surface area contributed by atoms with Gasteiger partial charge in [0.2, 0.25) is 0 Å². The van der Waals surface area contributed by atoms with E-state index in [4.69, 9.17) is 9.84 Å². The van der Waals surface area contributed by atoms with Gasteiger partial charge in [0, 0.05) is 6.54 Å². The van der Waals surface area contributed by atoms with Gasteiger partial charge in [-0.3, -0.25) is 0 Å². The van der Waals surface area contributed by atoms with Gasteiger partial charge in [-0.05, 0) is 31.8 Å². The molecule has 1 aromatic rings. The number of ether oxygens (including phenoxy) is 1. The fraction of sp³-hybridized carbons (Fsp3) is 0.455. The molecule has 1 aromatic carbocycles. The van der Waals surface area contributed by atoms with E-state index in [0.717, 1.165) is 17.9 Å². The Balaban J connectivity index is 2.36. The van der Waals surface area contributed by atoms with Gasteiger partial charge in [0.25, 0.3) is 0 Å². The molecule has 1 N–H and O–H groups in total. The van der Waals surface area contributed by atoms with Gasteiger partial charge in [-0.25, -0.2) is 0 Å². The fourth-order valence-corrected chi connectivity index (χ4v) is 1.04. The van der Waals surface area contributed by atoms with Gasteiger partial charge in [-0.1, -0.05) is 12.1 Å². The molecular weight excluding hydrogens is 178 g/mol. The van der Waals surface area contributed by atoms with Gasteiger partial charge in [0.1, 0.15) is 12.4 Å². The molecule has 1 rings (SSSR count). The summed E-state index contributed by atoms with van der Waals surface area (Å²) in [6.07, 6.45) is 0. The number of rotatable bonds is 5. The zero-order valence-corrected chi connectivity index (χ0v) is 8.73. The second-order valence-corrected chi connectivity index (χ2v) is 3.45. The Bertz CT molecular complexity index is 256. The quantitative estimate of drug-likeness (QED) is 0.764. The lowest BCUT2D eigenvalue weighted by Crippen LogP contribution is -2.19. The van der Waals surface area contributed by atoms with Crippen molar-refractivity contribution in [3.05, 3.63) is 29.8 Å². The average molecular weight is 195 g/mol. The normalized spacial score (nSPS) is 10.6. The summed E-state index contributed by atoms with van der Waals surface area (Å²) >= 11 is 0. The number of likely N-dealkylation sites (N-methyl/N-ethyl adjacent to an activating group) is 1. The number of aliphatic hydroxyl groups excluding tert-OH is 1. The Kier molecular flexibility index (Phi) is 4.43. The molecular formula is C11H17NO2. The lowest BCUT2D eigenvalue weighted by Gasteiger charge is -2.10. The van der Waals surface area contributed by atoms with Crippen LogP contribution in [0.1, 0.15) is 5.56 Å². The lowest BCUT2D eigenvalue weighted by atomic mass is 10.2. The standard InChI is InChI=1S/C11H17NO2/c1-12(2)7-8-14-11-5-3-10(9-13)4-6-11/h3-6,13H,7-9H2,1-2H3. The SMILES string of the molecule is CN(C)CCOc1ccc(CO)cc1. The monoisotopic (exact) mass is 195 g/mol. The van der Waals surface area contributed by atoms with E-state index in [2.05, 4.69) is 4.90 Å². The summed E-state index contributed by atoms with van der Waals surface area (Å²) in [5, 5.41) is 8.83. The minimum absolute atomic E-state index is 0.0813. The second-order valence-electron chi connectivity index (χ2n) is 3.45. The number of benzene rings is 1. The van der Waals surface area contributed by atoms with Crippen LogP contribution in [0.4, 0.5) is 0 Å². The van der Waals surface area contributed by atoms with Gasteiger partial charge in [-0.15, -0.1) is 0 Å². The molecule has 0 aliphatic heterocycles. The van der Waals surface area contributed by atoms with E-state index in [0.29, 0.717) is 6.61 Å². The average Bonchev–Trinajstić information content (AvgIpc) is 2.18. The van der Waals surface area contributed by atoms with Crippen LogP contribution < -0.4 is 4.74 Å². The zero-order valence-electron chi connectivity index (χ0n) is 8.73. The minimum atomic E-state index is 0.0813. The first-order valence-corrected chi connectivity index (χ1v) is 4.69. The van der Waals surface area contributed by atoms with Crippen molar-refractivity contribution in [3.63, 3.8) is 0 Å². The van der Waals surface area contributed by atoms with Crippen LogP contribution in [-0.2, 0) is 6.61 Å². The molecule has 3 heteroatoms. The van der Waals surface area contributed by atoms with E-state index in [-0.39, 0.29) is 6.61 Å². The van der Waals surface area contributed by atoms with Crippen LogP contribution in [-0.4, -0.2) is 37.3 Å². The number of aliphatic hydroxyl groups is 1. The maximum atomic E-state index is 8.83. The van der Waals surface area contributed by atoms with E-state index in [9.17, 15) is 0 Å². The van der Waals surface area contributed by atoms with Crippen molar-refractivity contribution in [2.45, 2.75) is 6.61 Å². The van der Waals surface area contributed by atoms with Crippen LogP contribution in [0.2, 0.25) is 0 Å². The third-order valence-electron chi connectivity index (χ3n) is 1.91. The first kappa shape index (κ1) is 11.0. The van der Waals surface area contributed by atoms with Crippen molar-refractivity contribution in [2.75, 3.05) is 27.2 Å². The summed E-state index contributed by atoms with van der Waals surface area (Å²) in [6.45, 7) is 1.67. The molecule has 0 saturated carbocycles. The molecule has 0 heterocycles. The zero-order chi connectivity index (χ0) is 10.4. The Morgan fingerprint density at radius 2 is 1.86 bits per heavy atom. The van der Waals surface area contributed by atoms with Crippen molar-refractivity contribution in [1.82, 2.24) is 4.90 Å². The van der Waals surface area contributed by atoms with Crippen LogP contribution in [0.15, 0.2) is 24.3 Å². The first-order valence-electron chi connectivity index (χ1n) is 4.69. The Labute approximate surface area is 84.9 Å². The molecule has 0 aliphatic rings. The Morgan fingerprint density at radius 1 is 1.21 bits per heavy atom. The van der Waals surface area contributed by atoms with Crippen LogP contribution in [0.3, 0.4) is 0 Å². The summed E-state index contributed by atoms with van der Waals surface area (Å²) in [7, 11) is 4.02. The molecule has 0 aromatic heterocycles. The van der Waals surface area contributed by atoms with Crippen LogP contribution >= 0.6 is 0 Å². The summed E-state index contributed by atoms with van der Waals surface area (Å²) < 4.78 is 5.49. The summed E-state index contributed by atoms with van der Waals surface area (Å²) in [5.41, 5.74) is 0.907. The molecule has 78 valence electrons. The number of hydrogen-bond acceptors (Lipinski definition) is 3. The van der Waals surface area contributed by atoms with Crippen molar-refractivity contribution in [3.8, 4) is 5.75 Å². The van der Waals surface area contributed by atoms with E-state index in [1.165, 1.54) is 0 Å². The maximum absolute atomic E-state index is 8.83. The number of hydrogen-bond donors (Lipinski definition) is 1. The van der Waals surface area contributed by atoms with Crippen molar-refractivity contribution < 1.29 is 9.84 Å². The topological polar surface area (TPSA) is 32.7 Å². The fourth-order valence-electron chi connectivity index (χ4n) is 1.04. The molecule has 14 heavy (non-hydrogen) atoms. The molecule has 0 unspecified atom stereocenters. The van der Waals surface area contributed by atoms with Gasteiger partial charge in [-0.2, -0.15) is 0 Å². The predicted molar refractivity (Wildman–Crippen MR) is 56.4 cm³/mol. The predicted octanol–water partition coefficient (Wildman–Crippen LogP) is 1.12. The van der Waals surface area contributed by atoms with E-state index in [1.54, 1.807) is 0 Å². The lowest BCUT2D eigenvalue weighted by molar-refractivity contribution is 0.260. The molecule has 0 aliphatic carbocycles. The minimum Gasteiger partial charge on any atom is -0.492 e. The smallest absolute Gasteiger partial charge is 0.119 e. The largest absolute Gasteiger partial charge is 0.492 e. The molecule has 0 atom stereocenters. The van der Waals surface area contributed by atoms with Crippen molar-refractivity contribution in [1.29, 1.82) is 0 Å².